The third-order valence-corrected chi connectivity index (χ3v) is 2.66. The van der Waals surface area contributed by atoms with Gasteiger partial charge in [0.15, 0.2) is 0 Å². The average molecular weight is 217 g/mol. The highest BCUT2D eigenvalue weighted by Crippen LogP contribution is 2.19. The largest absolute Gasteiger partial charge is 0.375 e. The molecule has 1 amide bonds. The highest BCUT2D eigenvalue weighted by molar-refractivity contribution is 7.81. The molecule has 1 aliphatic rings. The predicted octanol–water partition coefficient (Wildman–Crippen LogP) is 1.38. The molecule has 3 atom stereocenters. The van der Waals surface area contributed by atoms with E-state index >= 15 is 0 Å². The van der Waals surface area contributed by atoms with Crippen molar-refractivity contribution in [1.29, 1.82) is 0 Å². The lowest BCUT2D eigenvalue weighted by Crippen LogP contribution is -2.45. The Morgan fingerprint density at radius 2 is 1.93 bits per heavy atom. The molecular weight excluding hydrogens is 198 g/mol. The molecule has 1 aliphatic heterocycles. The second kappa shape index (κ2) is 5.03. The normalized spacial score (nSPS) is 35.0. The average Bonchev–Trinajstić information content (AvgIpc) is 2.01. The Labute approximate surface area is 91.0 Å². The summed E-state index contributed by atoms with van der Waals surface area (Å²) in [6.07, 6.45) is 2.27. The van der Waals surface area contributed by atoms with Gasteiger partial charge in [-0.15, -0.1) is 0 Å². The first kappa shape index (κ1) is 11.9. The molecule has 3 unspecified atom stereocenters. The summed E-state index contributed by atoms with van der Waals surface area (Å²) in [5.74, 6) is 0.0135. The fourth-order valence-electron chi connectivity index (χ4n) is 1.84. The van der Waals surface area contributed by atoms with Gasteiger partial charge in [-0.2, -0.15) is 12.6 Å². The van der Waals surface area contributed by atoms with Gasteiger partial charge in [-0.05, 0) is 33.6 Å². The number of nitrogens with one attached hydrogen (secondary N) is 1. The Balaban J connectivity index is 2.40. The van der Waals surface area contributed by atoms with Crippen LogP contribution < -0.4 is 5.32 Å². The van der Waals surface area contributed by atoms with E-state index in [1.54, 1.807) is 6.92 Å². The van der Waals surface area contributed by atoms with Gasteiger partial charge >= 0.3 is 0 Å². The van der Waals surface area contributed by atoms with E-state index in [4.69, 9.17) is 4.74 Å². The van der Waals surface area contributed by atoms with E-state index in [9.17, 15) is 4.79 Å². The van der Waals surface area contributed by atoms with Gasteiger partial charge in [-0.1, -0.05) is 0 Å². The molecule has 0 radical (unpaired) electrons. The Kier molecular flexibility index (Phi) is 4.26. The van der Waals surface area contributed by atoms with E-state index in [2.05, 4.69) is 17.9 Å². The van der Waals surface area contributed by atoms with Crippen LogP contribution >= 0.6 is 12.6 Å². The molecule has 0 aromatic rings. The molecule has 0 spiro atoms. The number of hydrogen-bond acceptors (Lipinski definition) is 3. The van der Waals surface area contributed by atoms with Crippen molar-refractivity contribution in [3.05, 3.63) is 0 Å². The number of amides is 1. The number of carbonyl (C=O) groups is 1. The van der Waals surface area contributed by atoms with Gasteiger partial charge in [-0.3, -0.25) is 4.79 Å². The molecule has 82 valence electrons. The molecule has 0 aromatic heterocycles. The van der Waals surface area contributed by atoms with Crippen molar-refractivity contribution in [3.8, 4) is 0 Å². The molecule has 4 heteroatoms. The predicted molar refractivity (Wildman–Crippen MR) is 59.6 cm³/mol. The number of ether oxygens (including phenoxy) is 1. The van der Waals surface area contributed by atoms with Crippen molar-refractivity contribution in [2.75, 3.05) is 0 Å². The SMILES string of the molecule is CC1CC(NC(=O)C(C)S)CC(C)O1. The maximum atomic E-state index is 11.4. The Bertz CT molecular complexity index is 198. The Hall–Kier alpha value is -0.220. The fourth-order valence-corrected chi connectivity index (χ4v) is 1.92. The quantitative estimate of drug-likeness (QED) is 0.686. The Morgan fingerprint density at radius 3 is 2.36 bits per heavy atom. The minimum Gasteiger partial charge on any atom is -0.375 e. The van der Waals surface area contributed by atoms with Crippen molar-refractivity contribution in [1.82, 2.24) is 5.32 Å². The lowest BCUT2D eigenvalue weighted by Gasteiger charge is -2.32. The van der Waals surface area contributed by atoms with Gasteiger partial charge in [0.1, 0.15) is 0 Å². The fraction of sp³-hybridized carbons (Fsp3) is 0.900. The van der Waals surface area contributed by atoms with E-state index in [0.29, 0.717) is 0 Å². The molecule has 1 heterocycles. The summed E-state index contributed by atoms with van der Waals surface area (Å²) in [7, 11) is 0. The minimum atomic E-state index is -0.233. The first-order valence-electron chi connectivity index (χ1n) is 5.13. The van der Waals surface area contributed by atoms with Gasteiger partial charge in [0.2, 0.25) is 5.91 Å². The van der Waals surface area contributed by atoms with Crippen molar-refractivity contribution < 1.29 is 9.53 Å². The van der Waals surface area contributed by atoms with Crippen molar-refractivity contribution in [3.63, 3.8) is 0 Å². The van der Waals surface area contributed by atoms with E-state index in [1.165, 1.54) is 0 Å². The summed E-state index contributed by atoms with van der Waals surface area (Å²) < 4.78 is 5.59. The van der Waals surface area contributed by atoms with E-state index < -0.39 is 0 Å². The van der Waals surface area contributed by atoms with Crippen LogP contribution in [-0.4, -0.2) is 29.4 Å². The molecular formula is C10H19NO2S. The molecule has 3 nitrogen and oxygen atoms in total. The van der Waals surface area contributed by atoms with Crippen LogP contribution in [0.25, 0.3) is 0 Å². The van der Waals surface area contributed by atoms with E-state index in [1.807, 2.05) is 13.8 Å². The molecule has 1 fully saturated rings. The molecule has 1 saturated heterocycles. The number of carbonyl (C=O) groups excluding carboxylic acids is 1. The summed E-state index contributed by atoms with van der Waals surface area (Å²) in [6, 6.07) is 0.246. The van der Waals surface area contributed by atoms with Gasteiger partial charge < -0.3 is 10.1 Å². The third kappa shape index (κ3) is 3.50. The molecule has 14 heavy (non-hydrogen) atoms. The van der Waals surface area contributed by atoms with Gasteiger partial charge in [0.25, 0.3) is 0 Å². The van der Waals surface area contributed by atoms with Gasteiger partial charge in [0.05, 0.1) is 17.5 Å². The molecule has 0 bridgehead atoms. The zero-order valence-corrected chi connectivity index (χ0v) is 9.88. The molecule has 0 aromatic carbocycles. The zero-order valence-electron chi connectivity index (χ0n) is 8.99. The zero-order chi connectivity index (χ0) is 10.7. The summed E-state index contributed by atoms with van der Waals surface area (Å²) in [6.45, 7) is 5.86. The van der Waals surface area contributed by atoms with Crippen LogP contribution in [0.3, 0.4) is 0 Å². The van der Waals surface area contributed by atoms with Crippen LogP contribution in [0.4, 0.5) is 0 Å². The van der Waals surface area contributed by atoms with Gasteiger partial charge in [-0.25, -0.2) is 0 Å². The Morgan fingerprint density at radius 1 is 1.43 bits per heavy atom. The van der Waals surface area contributed by atoms with Crippen molar-refractivity contribution in [2.45, 2.75) is 57.1 Å². The molecule has 1 rings (SSSR count). The highest BCUT2D eigenvalue weighted by atomic mass is 32.1. The van der Waals surface area contributed by atoms with Crippen LogP contribution in [0.5, 0.6) is 0 Å². The smallest absolute Gasteiger partial charge is 0.232 e. The van der Waals surface area contributed by atoms with Crippen LogP contribution in [0.1, 0.15) is 33.6 Å². The number of thiol groups is 1. The molecule has 1 N–H and O–H groups in total. The summed E-state index contributed by atoms with van der Waals surface area (Å²) >= 11 is 4.09. The second-order valence-electron chi connectivity index (χ2n) is 4.11. The maximum absolute atomic E-state index is 11.4. The standard InChI is InChI=1S/C10H19NO2S/c1-6-4-9(5-7(2)13-6)11-10(12)8(3)14/h6-9,14H,4-5H2,1-3H3,(H,11,12). The summed E-state index contributed by atoms with van der Waals surface area (Å²) in [5.41, 5.74) is 0. The highest BCUT2D eigenvalue weighted by Gasteiger charge is 2.26. The van der Waals surface area contributed by atoms with Crippen LogP contribution in [-0.2, 0) is 9.53 Å². The van der Waals surface area contributed by atoms with E-state index in [-0.39, 0.29) is 29.4 Å². The maximum Gasteiger partial charge on any atom is 0.232 e. The van der Waals surface area contributed by atoms with Gasteiger partial charge in [0, 0.05) is 6.04 Å². The van der Waals surface area contributed by atoms with E-state index in [0.717, 1.165) is 12.8 Å². The first-order chi connectivity index (χ1) is 6.49. The number of rotatable bonds is 2. The van der Waals surface area contributed by atoms with Crippen LogP contribution in [0.2, 0.25) is 0 Å². The molecule has 0 aliphatic carbocycles. The lowest BCUT2D eigenvalue weighted by molar-refractivity contribution is -0.122. The first-order valence-corrected chi connectivity index (χ1v) is 5.64. The monoisotopic (exact) mass is 217 g/mol. The summed E-state index contributed by atoms with van der Waals surface area (Å²) in [4.78, 5) is 11.4. The van der Waals surface area contributed by atoms with Crippen LogP contribution in [0.15, 0.2) is 0 Å². The van der Waals surface area contributed by atoms with Crippen LogP contribution in [0, 0.1) is 0 Å². The second-order valence-corrected chi connectivity index (χ2v) is 4.88. The summed E-state index contributed by atoms with van der Waals surface area (Å²) in [5, 5.41) is 2.75. The number of hydrogen-bond donors (Lipinski definition) is 2. The lowest BCUT2D eigenvalue weighted by atomic mass is 10.00. The van der Waals surface area contributed by atoms with Crippen molar-refractivity contribution >= 4 is 18.5 Å². The van der Waals surface area contributed by atoms with Crippen molar-refractivity contribution in [2.24, 2.45) is 0 Å². The third-order valence-electron chi connectivity index (χ3n) is 2.42. The minimum absolute atomic E-state index is 0.0135. The molecule has 0 saturated carbocycles. The topological polar surface area (TPSA) is 38.3 Å².